The van der Waals surface area contributed by atoms with Gasteiger partial charge in [0.05, 0.1) is 23.7 Å². The average Bonchev–Trinajstić information content (AvgIpc) is 3.15. The van der Waals surface area contributed by atoms with Gasteiger partial charge in [-0.3, -0.25) is 0 Å². The third-order valence-corrected chi connectivity index (χ3v) is 5.10. The van der Waals surface area contributed by atoms with Gasteiger partial charge in [0.15, 0.2) is 5.82 Å². The van der Waals surface area contributed by atoms with Gasteiger partial charge in [0.2, 0.25) is 5.95 Å². The predicted molar refractivity (Wildman–Crippen MR) is 108 cm³/mol. The van der Waals surface area contributed by atoms with Crippen molar-refractivity contribution in [1.82, 2.24) is 19.7 Å². The van der Waals surface area contributed by atoms with E-state index in [1.54, 1.807) is 17.1 Å². The molecule has 1 aliphatic carbocycles. The maximum Gasteiger partial charge on any atom is 0.224 e. The molecule has 1 aliphatic rings. The zero-order valence-corrected chi connectivity index (χ0v) is 15.8. The first-order chi connectivity index (χ1) is 13.7. The topological polar surface area (TPSA) is 111 Å². The summed E-state index contributed by atoms with van der Waals surface area (Å²) in [6.45, 7) is 0.576. The first kappa shape index (κ1) is 18.6. The van der Waals surface area contributed by atoms with Gasteiger partial charge in [-0.1, -0.05) is 6.07 Å². The Hall–Kier alpha value is -2.71. The van der Waals surface area contributed by atoms with Crippen molar-refractivity contribution in [3.8, 4) is 11.6 Å². The molecular weight excluding hydrogens is 356 g/mol. The second kappa shape index (κ2) is 8.53. The fourth-order valence-corrected chi connectivity index (χ4v) is 3.56. The molecule has 28 heavy (non-hydrogen) atoms. The van der Waals surface area contributed by atoms with Crippen LogP contribution in [0.2, 0.25) is 0 Å². The van der Waals surface area contributed by atoms with Crippen molar-refractivity contribution in [3.05, 3.63) is 36.7 Å². The SMILES string of the molecule is NC1CCC(Nc2nccc(-n3ncc4c(OCCCO)cccc43)n2)CC1. The lowest BCUT2D eigenvalue weighted by Gasteiger charge is -2.26. The van der Waals surface area contributed by atoms with E-state index in [1.165, 1.54) is 0 Å². The van der Waals surface area contributed by atoms with E-state index in [0.717, 1.165) is 42.3 Å². The number of hydrogen-bond donors (Lipinski definition) is 3. The maximum absolute atomic E-state index is 8.94. The van der Waals surface area contributed by atoms with Gasteiger partial charge in [0.25, 0.3) is 0 Å². The van der Waals surface area contributed by atoms with E-state index in [0.29, 0.717) is 36.9 Å². The van der Waals surface area contributed by atoms with E-state index >= 15 is 0 Å². The third-order valence-electron chi connectivity index (χ3n) is 5.10. The van der Waals surface area contributed by atoms with Gasteiger partial charge in [-0.15, -0.1) is 0 Å². The van der Waals surface area contributed by atoms with Gasteiger partial charge in [0, 0.05) is 37.4 Å². The molecule has 0 aliphatic heterocycles. The van der Waals surface area contributed by atoms with Crippen molar-refractivity contribution in [1.29, 1.82) is 0 Å². The standard InChI is InChI=1S/C20H26N6O2/c21-14-5-7-15(8-6-14)24-20-22-10-9-19(25-20)26-17-3-1-4-18(16(17)13-23-26)28-12-2-11-27/h1,3-4,9-10,13-15,27H,2,5-8,11-12,21H2,(H,22,24,25). The summed E-state index contributed by atoms with van der Waals surface area (Å²) < 4.78 is 7.56. The summed E-state index contributed by atoms with van der Waals surface area (Å²) in [7, 11) is 0. The van der Waals surface area contributed by atoms with Crippen LogP contribution in [0.5, 0.6) is 5.75 Å². The molecule has 148 valence electrons. The van der Waals surface area contributed by atoms with Crippen LogP contribution < -0.4 is 15.8 Å². The Bertz CT molecular complexity index is 920. The van der Waals surface area contributed by atoms with Crippen molar-refractivity contribution in [3.63, 3.8) is 0 Å². The number of nitrogens with two attached hydrogens (primary N) is 1. The Morgan fingerprint density at radius 1 is 1.21 bits per heavy atom. The summed E-state index contributed by atoms with van der Waals surface area (Å²) in [5.41, 5.74) is 6.90. The minimum atomic E-state index is 0.110. The molecule has 1 fully saturated rings. The molecule has 0 saturated heterocycles. The van der Waals surface area contributed by atoms with Crippen LogP contribution in [0.1, 0.15) is 32.1 Å². The fraction of sp³-hybridized carbons (Fsp3) is 0.450. The second-order valence-corrected chi connectivity index (χ2v) is 7.17. The number of nitrogens with one attached hydrogen (secondary N) is 1. The Balaban J connectivity index is 1.55. The van der Waals surface area contributed by atoms with Crippen molar-refractivity contribution in [2.24, 2.45) is 5.73 Å². The molecular formula is C20H26N6O2. The Morgan fingerprint density at radius 3 is 2.89 bits per heavy atom. The number of aliphatic hydroxyl groups excluding tert-OH is 1. The Morgan fingerprint density at radius 2 is 2.07 bits per heavy atom. The molecule has 0 atom stereocenters. The van der Waals surface area contributed by atoms with Crippen LogP contribution in [-0.4, -0.2) is 50.2 Å². The molecule has 2 aromatic heterocycles. The first-order valence-corrected chi connectivity index (χ1v) is 9.80. The van der Waals surface area contributed by atoms with Crippen LogP contribution in [0.3, 0.4) is 0 Å². The van der Waals surface area contributed by atoms with Crippen molar-refractivity contribution < 1.29 is 9.84 Å². The lowest BCUT2D eigenvalue weighted by Crippen LogP contribution is -2.33. The second-order valence-electron chi connectivity index (χ2n) is 7.17. The number of benzene rings is 1. The summed E-state index contributed by atoms with van der Waals surface area (Å²) in [6, 6.07) is 8.34. The van der Waals surface area contributed by atoms with Crippen molar-refractivity contribution in [2.45, 2.75) is 44.2 Å². The van der Waals surface area contributed by atoms with E-state index in [2.05, 4.69) is 20.4 Å². The van der Waals surface area contributed by atoms with Gasteiger partial charge in [-0.25, -0.2) is 9.67 Å². The molecule has 0 spiro atoms. The van der Waals surface area contributed by atoms with Crippen LogP contribution in [0.4, 0.5) is 5.95 Å². The van der Waals surface area contributed by atoms with E-state index in [9.17, 15) is 0 Å². The lowest BCUT2D eigenvalue weighted by molar-refractivity contribution is 0.235. The van der Waals surface area contributed by atoms with E-state index in [4.69, 9.17) is 15.6 Å². The third kappa shape index (κ3) is 4.07. The van der Waals surface area contributed by atoms with Gasteiger partial charge in [-0.2, -0.15) is 10.1 Å². The molecule has 1 saturated carbocycles. The lowest BCUT2D eigenvalue weighted by atomic mass is 9.92. The molecule has 0 unspecified atom stereocenters. The normalized spacial score (nSPS) is 19.6. The number of aliphatic hydroxyl groups is 1. The summed E-state index contributed by atoms with van der Waals surface area (Å²) in [4.78, 5) is 9.02. The van der Waals surface area contributed by atoms with Crippen molar-refractivity contribution >= 4 is 16.9 Å². The largest absolute Gasteiger partial charge is 0.493 e. The van der Waals surface area contributed by atoms with Crippen LogP contribution in [0, 0.1) is 0 Å². The van der Waals surface area contributed by atoms with Crippen LogP contribution >= 0.6 is 0 Å². The number of nitrogens with zero attached hydrogens (tertiary/aromatic N) is 4. The molecule has 4 N–H and O–H groups in total. The van der Waals surface area contributed by atoms with Gasteiger partial charge < -0.3 is 20.9 Å². The minimum Gasteiger partial charge on any atom is -0.493 e. The monoisotopic (exact) mass is 382 g/mol. The van der Waals surface area contributed by atoms with Gasteiger partial charge in [0.1, 0.15) is 5.75 Å². The summed E-state index contributed by atoms with van der Waals surface area (Å²) in [5.74, 6) is 2.06. The van der Waals surface area contributed by atoms with Crippen LogP contribution in [0.15, 0.2) is 36.7 Å². The Labute approximate surface area is 163 Å². The predicted octanol–water partition coefficient (Wildman–Crippen LogP) is 2.26. The molecule has 0 radical (unpaired) electrons. The molecule has 2 heterocycles. The van der Waals surface area contributed by atoms with E-state index in [1.807, 2.05) is 24.3 Å². The smallest absolute Gasteiger partial charge is 0.224 e. The number of aromatic nitrogens is 4. The summed E-state index contributed by atoms with van der Waals surface area (Å²) in [5, 5.41) is 17.8. The molecule has 0 bridgehead atoms. The first-order valence-electron chi connectivity index (χ1n) is 9.80. The zero-order chi connectivity index (χ0) is 19.3. The Kier molecular flexibility index (Phi) is 5.68. The number of rotatable bonds is 7. The summed E-state index contributed by atoms with van der Waals surface area (Å²) >= 11 is 0. The van der Waals surface area contributed by atoms with Gasteiger partial charge >= 0.3 is 0 Å². The highest BCUT2D eigenvalue weighted by atomic mass is 16.5. The maximum atomic E-state index is 8.94. The van der Waals surface area contributed by atoms with E-state index in [-0.39, 0.29) is 6.61 Å². The minimum absolute atomic E-state index is 0.110. The van der Waals surface area contributed by atoms with Crippen LogP contribution in [-0.2, 0) is 0 Å². The van der Waals surface area contributed by atoms with Crippen molar-refractivity contribution in [2.75, 3.05) is 18.5 Å². The fourth-order valence-electron chi connectivity index (χ4n) is 3.56. The molecule has 0 amide bonds. The highest BCUT2D eigenvalue weighted by molar-refractivity contribution is 5.86. The van der Waals surface area contributed by atoms with Gasteiger partial charge in [-0.05, 0) is 37.8 Å². The number of anilines is 1. The average molecular weight is 382 g/mol. The molecule has 8 nitrogen and oxygen atoms in total. The molecule has 4 rings (SSSR count). The molecule has 1 aromatic carbocycles. The number of hydrogen-bond acceptors (Lipinski definition) is 7. The highest BCUT2D eigenvalue weighted by Crippen LogP contribution is 2.27. The summed E-state index contributed by atoms with van der Waals surface area (Å²) in [6.07, 6.45) is 8.25. The zero-order valence-electron chi connectivity index (χ0n) is 15.8. The van der Waals surface area contributed by atoms with Crippen LogP contribution in [0.25, 0.3) is 16.7 Å². The molecule has 3 aromatic rings. The highest BCUT2D eigenvalue weighted by Gasteiger charge is 2.19. The number of fused-ring (bicyclic) bond motifs is 1. The molecule has 8 heteroatoms. The number of ether oxygens (including phenoxy) is 1. The quantitative estimate of drug-likeness (QED) is 0.537. The van der Waals surface area contributed by atoms with E-state index < -0.39 is 0 Å².